The quantitative estimate of drug-likeness (QED) is 0.412. The Balaban J connectivity index is 1.49. The van der Waals surface area contributed by atoms with Gasteiger partial charge in [-0.25, -0.2) is 0 Å². The van der Waals surface area contributed by atoms with Crippen molar-refractivity contribution < 1.29 is 9.15 Å². The largest absolute Gasteiger partial charge is 0.494 e. The highest BCUT2D eigenvalue weighted by molar-refractivity contribution is 5.58. The molecule has 0 unspecified atom stereocenters. The summed E-state index contributed by atoms with van der Waals surface area (Å²) < 4.78 is 11.6. The molecule has 0 atom stereocenters. The maximum Gasteiger partial charge on any atom is 0.248 e. The highest BCUT2D eigenvalue weighted by Crippen LogP contribution is 2.25. The molecule has 0 aliphatic heterocycles. The summed E-state index contributed by atoms with van der Waals surface area (Å²) in [6.07, 6.45) is 7.61. The molecule has 26 heavy (non-hydrogen) atoms. The molecular formula is C22H26N2O2. The fourth-order valence-electron chi connectivity index (χ4n) is 2.80. The minimum absolute atomic E-state index is 0.520. The molecule has 3 aromatic rings. The molecule has 0 N–H and O–H groups in total. The predicted molar refractivity (Wildman–Crippen MR) is 104 cm³/mol. The van der Waals surface area contributed by atoms with Crippen molar-refractivity contribution in [1.82, 2.24) is 10.2 Å². The van der Waals surface area contributed by atoms with Crippen LogP contribution in [0.15, 0.2) is 59.0 Å². The van der Waals surface area contributed by atoms with Gasteiger partial charge in [-0.2, -0.15) is 0 Å². The third kappa shape index (κ3) is 5.19. The van der Waals surface area contributed by atoms with E-state index in [0.717, 1.165) is 29.9 Å². The topological polar surface area (TPSA) is 48.2 Å². The number of unbranched alkanes of at least 4 members (excludes halogenated alkanes) is 5. The number of nitrogens with zero attached hydrogens (tertiary/aromatic N) is 2. The summed E-state index contributed by atoms with van der Waals surface area (Å²) in [4.78, 5) is 0. The van der Waals surface area contributed by atoms with Crippen molar-refractivity contribution in [1.29, 1.82) is 0 Å². The van der Waals surface area contributed by atoms with Crippen molar-refractivity contribution in [3.63, 3.8) is 0 Å². The average Bonchev–Trinajstić information content (AvgIpc) is 3.19. The first-order valence-corrected chi connectivity index (χ1v) is 9.49. The van der Waals surface area contributed by atoms with E-state index >= 15 is 0 Å². The molecule has 4 nitrogen and oxygen atoms in total. The van der Waals surface area contributed by atoms with Crippen LogP contribution in [0.25, 0.3) is 22.9 Å². The van der Waals surface area contributed by atoms with Gasteiger partial charge in [0.25, 0.3) is 0 Å². The van der Waals surface area contributed by atoms with Crippen LogP contribution >= 0.6 is 0 Å². The summed E-state index contributed by atoms with van der Waals surface area (Å²) >= 11 is 0. The molecule has 0 saturated carbocycles. The Hall–Kier alpha value is -2.62. The van der Waals surface area contributed by atoms with Crippen molar-refractivity contribution in [2.24, 2.45) is 0 Å². The van der Waals surface area contributed by atoms with Gasteiger partial charge in [0, 0.05) is 11.1 Å². The van der Waals surface area contributed by atoms with Crippen molar-refractivity contribution in [2.45, 2.75) is 45.4 Å². The van der Waals surface area contributed by atoms with Gasteiger partial charge in [-0.3, -0.25) is 0 Å². The Morgan fingerprint density at radius 1 is 0.731 bits per heavy atom. The Morgan fingerprint density at radius 2 is 1.35 bits per heavy atom. The van der Waals surface area contributed by atoms with Crippen LogP contribution in [0.3, 0.4) is 0 Å². The maximum atomic E-state index is 5.81. The van der Waals surface area contributed by atoms with E-state index in [-0.39, 0.29) is 0 Å². The predicted octanol–water partition coefficient (Wildman–Crippen LogP) is 6.14. The molecule has 1 aromatic heterocycles. The third-order valence-electron chi connectivity index (χ3n) is 4.31. The van der Waals surface area contributed by atoms with E-state index in [2.05, 4.69) is 17.1 Å². The normalized spacial score (nSPS) is 10.8. The van der Waals surface area contributed by atoms with E-state index in [1.54, 1.807) is 0 Å². The van der Waals surface area contributed by atoms with Crippen molar-refractivity contribution in [3.05, 3.63) is 54.6 Å². The first kappa shape index (κ1) is 18.2. The Bertz CT molecular complexity index is 766. The second kappa shape index (κ2) is 9.76. The molecule has 0 amide bonds. The molecule has 3 rings (SSSR count). The molecule has 2 aromatic carbocycles. The lowest BCUT2D eigenvalue weighted by atomic mass is 10.1. The zero-order valence-electron chi connectivity index (χ0n) is 15.4. The molecule has 0 bridgehead atoms. The summed E-state index contributed by atoms with van der Waals surface area (Å²) in [5.74, 6) is 1.93. The van der Waals surface area contributed by atoms with Crippen LogP contribution < -0.4 is 4.74 Å². The number of rotatable bonds is 10. The van der Waals surface area contributed by atoms with E-state index in [1.165, 1.54) is 32.1 Å². The minimum atomic E-state index is 0.520. The molecule has 0 saturated heterocycles. The Kier molecular flexibility index (Phi) is 6.82. The maximum absolute atomic E-state index is 5.81. The van der Waals surface area contributed by atoms with Gasteiger partial charge in [0.15, 0.2) is 0 Å². The van der Waals surface area contributed by atoms with Crippen molar-refractivity contribution >= 4 is 0 Å². The first-order valence-electron chi connectivity index (χ1n) is 9.49. The van der Waals surface area contributed by atoms with Gasteiger partial charge in [-0.1, -0.05) is 57.2 Å². The third-order valence-corrected chi connectivity index (χ3v) is 4.31. The number of aromatic nitrogens is 2. The van der Waals surface area contributed by atoms with E-state index in [1.807, 2.05) is 54.6 Å². The zero-order chi connectivity index (χ0) is 18.0. The highest BCUT2D eigenvalue weighted by Gasteiger charge is 2.10. The molecule has 0 spiro atoms. The molecule has 0 aliphatic carbocycles. The zero-order valence-corrected chi connectivity index (χ0v) is 15.4. The summed E-state index contributed by atoms with van der Waals surface area (Å²) in [5, 5.41) is 8.27. The first-order chi connectivity index (χ1) is 12.9. The van der Waals surface area contributed by atoms with Crippen LogP contribution in [0, 0.1) is 0 Å². The van der Waals surface area contributed by atoms with Gasteiger partial charge in [0.05, 0.1) is 6.61 Å². The summed E-state index contributed by atoms with van der Waals surface area (Å²) in [6, 6.07) is 17.6. The van der Waals surface area contributed by atoms with Crippen LogP contribution in [0.4, 0.5) is 0 Å². The van der Waals surface area contributed by atoms with E-state index in [4.69, 9.17) is 9.15 Å². The molecule has 0 aliphatic rings. The van der Waals surface area contributed by atoms with Gasteiger partial charge in [-0.15, -0.1) is 10.2 Å². The molecule has 4 heteroatoms. The lowest BCUT2D eigenvalue weighted by Crippen LogP contribution is -1.97. The Labute approximate surface area is 155 Å². The highest BCUT2D eigenvalue weighted by atomic mass is 16.5. The van der Waals surface area contributed by atoms with Crippen LogP contribution in [-0.4, -0.2) is 16.8 Å². The fraction of sp³-hybridized carbons (Fsp3) is 0.364. The summed E-state index contributed by atoms with van der Waals surface area (Å²) in [6.45, 7) is 3.01. The van der Waals surface area contributed by atoms with Crippen LogP contribution in [0.5, 0.6) is 5.75 Å². The molecule has 0 fully saturated rings. The number of ether oxygens (including phenoxy) is 1. The van der Waals surface area contributed by atoms with Gasteiger partial charge in [-0.05, 0) is 42.8 Å². The van der Waals surface area contributed by atoms with Gasteiger partial charge < -0.3 is 9.15 Å². The molecule has 0 radical (unpaired) electrons. The monoisotopic (exact) mass is 350 g/mol. The van der Waals surface area contributed by atoms with Gasteiger partial charge in [0.1, 0.15) is 5.75 Å². The smallest absolute Gasteiger partial charge is 0.248 e. The fourth-order valence-corrected chi connectivity index (χ4v) is 2.80. The van der Waals surface area contributed by atoms with Gasteiger partial charge in [0.2, 0.25) is 11.8 Å². The minimum Gasteiger partial charge on any atom is -0.494 e. The molecular weight excluding hydrogens is 324 g/mol. The van der Waals surface area contributed by atoms with E-state index < -0.39 is 0 Å². The number of benzene rings is 2. The SMILES string of the molecule is CCCCCCCCOc1ccc(-c2nnc(-c3ccccc3)o2)cc1. The molecule has 1 heterocycles. The standard InChI is InChI=1S/C22H26N2O2/c1-2-3-4-5-6-10-17-25-20-15-13-19(14-16-20)22-24-23-21(26-22)18-11-8-7-9-12-18/h7-9,11-16H,2-6,10,17H2,1H3. The van der Waals surface area contributed by atoms with Gasteiger partial charge >= 0.3 is 0 Å². The summed E-state index contributed by atoms with van der Waals surface area (Å²) in [7, 11) is 0. The Morgan fingerprint density at radius 3 is 2.04 bits per heavy atom. The lowest BCUT2D eigenvalue weighted by Gasteiger charge is -2.06. The van der Waals surface area contributed by atoms with Crippen LogP contribution in [0.2, 0.25) is 0 Å². The van der Waals surface area contributed by atoms with Crippen molar-refractivity contribution in [3.8, 4) is 28.7 Å². The summed E-state index contributed by atoms with van der Waals surface area (Å²) in [5.41, 5.74) is 1.82. The molecule has 136 valence electrons. The second-order valence-corrected chi connectivity index (χ2v) is 6.42. The average molecular weight is 350 g/mol. The van der Waals surface area contributed by atoms with E-state index in [9.17, 15) is 0 Å². The number of hydrogen-bond donors (Lipinski definition) is 0. The lowest BCUT2D eigenvalue weighted by molar-refractivity contribution is 0.304. The van der Waals surface area contributed by atoms with E-state index in [0.29, 0.717) is 11.8 Å². The van der Waals surface area contributed by atoms with Crippen LogP contribution in [-0.2, 0) is 0 Å². The second-order valence-electron chi connectivity index (χ2n) is 6.42. The van der Waals surface area contributed by atoms with Crippen LogP contribution in [0.1, 0.15) is 45.4 Å². The number of hydrogen-bond acceptors (Lipinski definition) is 4. The van der Waals surface area contributed by atoms with Crippen molar-refractivity contribution in [2.75, 3.05) is 6.61 Å².